The highest BCUT2D eigenvalue weighted by Gasteiger charge is 2.35. The number of hydrogen-bond donors (Lipinski definition) is 1. The number of hydrogen-bond acceptors (Lipinski definition) is 15. The minimum atomic E-state index is -2.64. The molecule has 0 atom stereocenters. The quantitative estimate of drug-likeness (QED) is 0.0811. The van der Waals surface area contributed by atoms with Crippen LogP contribution >= 0.6 is 34.0 Å². The lowest BCUT2D eigenvalue weighted by atomic mass is 9.88. The van der Waals surface area contributed by atoms with E-state index < -0.39 is 32.4 Å². The second-order valence-electron chi connectivity index (χ2n) is 20.3. The highest BCUT2D eigenvalue weighted by Crippen LogP contribution is 2.48. The second-order valence-corrected chi connectivity index (χ2v) is 23.7. The fourth-order valence-corrected chi connectivity index (χ4v) is 14.7. The maximum absolute atomic E-state index is 13.3. The summed E-state index contributed by atoms with van der Waals surface area (Å²) in [4.78, 5) is 68.7. The molecule has 2 amide bonds. The van der Waals surface area contributed by atoms with Crippen LogP contribution in [-0.2, 0) is 29.2 Å². The minimum absolute atomic E-state index is 0.0213. The Hall–Kier alpha value is -6.95. The van der Waals surface area contributed by atoms with Crippen LogP contribution in [0, 0.1) is 11.8 Å². The predicted molar refractivity (Wildman–Crippen MR) is 310 cm³/mol. The summed E-state index contributed by atoms with van der Waals surface area (Å²) >= 11 is 4.06. The van der Waals surface area contributed by atoms with Crippen molar-refractivity contribution in [3.63, 3.8) is 0 Å². The van der Waals surface area contributed by atoms with E-state index in [1.54, 1.807) is 59.3 Å². The molecule has 6 heterocycles. The molecular formula is C60H62F6N6O8S3. The molecule has 0 spiro atoms. The molecule has 23 heteroatoms. The molecule has 440 valence electrons. The summed E-state index contributed by atoms with van der Waals surface area (Å²) in [6, 6.07) is 10.7. The Labute approximate surface area is 487 Å². The summed E-state index contributed by atoms with van der Waals surface area (Å²) in [5.74, 6) is 1.46. The van der Waals surface area contributed by atoms with Gasteiger partial charge in [-0.15, -0.1) is 34.0 Å². The molecule has 83 heavy (non-hydrogen) atoms. The number of alkyl halides is 6. The summed E-state index contributed by atoms with van der Waals surface area (Å²) in [5.41, 5.74) is 0.809. The Morgan fingerprint density at radius 1 is 0.530 bits per heavy atom. The van der Waals surface area contributed by atoms with Crippen LogP contribution in [0.3, 0.4) is 0 Å². The van der Waals surface area contributed by atoms with Crippen molar-refractivity contribution in [3.8, 4) is 23.0 Å². The first kappa shape index (κ1) is 60.6. The summed E-state index contributed by atoms with van der Waals surface area (Å²) in [5, 5.41) is 7.96. The topological polar surface area (TPSA) is 162 Å². The number of aromatic nitrogens is 3. The van der Waals surface area contributed by atoms with Crippen molar-refractivity contribution in [2.24, 2.45) is 11.8 Å². The first-order chi connectivity index (χ1) is 40.1. The normalized spacial score (nSPS) is 14.6. The summed E-state index contributed by atoms with van der Waals surface area (Å²) in [7, 11) is 6.44. The molecule has 6 aromatic heterocycles. The van der Waals surface area contributed by atoms with Crippen LogP contribution in [0.1, 0.15) is 110 Å². The van der Waals surface area contributed by atoms with E-state index in [1.807, 2.05) is 24.3 Å². The lowest BCUT2D eigenvalue weighted by molar-refractivity contribution is -0.139. The van der Waals surface area contributed by atoms with Gasteiger partial charge in [0.25, 0.3) is 19.3 Å². The highest BCUT2D eigenvalue weighted by atomic mass is 32.1. The number of amides is 2. The van der Waals surface area contributed by atoms with Gasteiger partial charge in [0.15, 0.2) is 5.78 Å². The van der Waals surface area contributed by atoms with Gasteiger partial charge in [-0.25, -0.2) is 26.3 Å². The van der Waals surface area contributed by atoms with Crippen LogP contribution in [0.5, 0.6) is 23.0 Å². The van der Waals surface area contributed by atoms with Gasteiger partial charge in [0.05, 0.1) is 81.0 Å². The third-order valence-electron chi connectivity index (χ3n) is 15.0. The lowest BCUT2D eigenvalue weighted by Crippen LogP contribution is -2.39. The van der Waals surface area contributed by atoms with E-state index in [0.29, 0.717) is 33.4 Å². The van der Waals surface area contributed by atoms with Gasteiger partial charge < -0.3 is 34.1 Å². The minimum Gasteiger partial charge on any atom is -0.495 e. The number of pyridine rings is 3. The monoisotopic (exact) mass is 1200 g/mol. The molecule has 2 saturated carbocycles. The number of carbonyl (C=O) groups is 4. The van der Waals surface area contributed by atoms with Crippen LogP contribution in [0.4, 0.5) is 26.3 Å². The fourth-order valence-electron chi connectivity index (χ4n) is 11.2. The highest BCUT2D eigenvalue weighted by molar-refractivity contribution is 7.20. The van der Waals surface area contributed by atoms with Crippen molar-refractivity contribution in [1.29, 1.82) is 0 Å². The third kappa shape index (κ3) is 13.5. The van der Waals surface area contributed by atoms with E-state index in [2.05, 4.69) is 20.3 Å². The van der Waals surface area contributed by atoms with Crippen molar-refractivity contribution < 1.29 is 64.5 Å². The van der Waals surface area contributed by atoms with E-state index in [9.17, 15) is 45.5 Å². The molecule has 3 aliphatic carbocycles. The van der Waals surface area contributed by atoms with Crippen molar-refractivity contribution in [1.82, 2.24) is 30.1 Å². The number of ether oxygens (including phenoxy) is 4. The van der Waals surface area contributed by atoms with Crippen molar-refractivity contribution in [3.05, 3.63) is 110 Å². The van der Waals surface area contributed by atoms with Gasteiger partial charge in [0.2, 0.25) is 17.6 Å². The first-order valence-electron chi connectivity index (χ1n) is 27.2. The van der Waals surface area contributed by atoms with Gasteiger partial charge in [-0.2, -0.15) is 0 Å². The number of rotatable bonds is 18. The standard InChI is InChI=1S/C23H26F2N2O3S.C21H20F2N2O3S.C16H16F2N2O2S/c1-29-20-17-10-15(31-22(17)21(30-2)16-8-9-26-11-18(16)20)12-27(13-19(24)25)23(28)14-6-4-3-5-7-14;22-17(23)11-25(21(28)12-4-2-1-3-5-12)10-13-8-15-18(26)16-9-24-7-6-14(16)19(27)20(15)29-13;1-21-14-11-5-9(6-20-8-13(17)18)23-16(11)15(22-2)10-3-4-19-7-12(10)14/h8-11,14,19H,3-7,12-13H2,1-2H3;6-9,12,17H,1-5,10-11H2;3-5,7,13,20H,6,8H2,1-2H3. The summed E-state index contributed by atoms with van der Waals surface area (Å²) in [6.45, 7) is -1.01. The number of thiophene rings is 3. The number of fused-ring (bicyclic) bond motifs is 6. The van der Waals surface area contributed by atoms with Crippen LogP contribution in [-0.4, -0.2) is 115 Å². The maximum Gasteiger partial charge on any atom is 0.255 e. The number of benzene rings is 2. The van der Waals surface area contributed by atoms with Gasteiger partial charge in [-0.1, -0.05) is 38.5 Å². The molecule has 0 saturated heterocycles. The number of methoxy groups -OCH3 is 4. The van der Waals surface area contributed by atoms with E-state index in [1.165, 1.54) is 50.9 Å². The Morgan fingerprint density at radius 2 is 0.988 bits per heavy atom. The number of nitrogens with one attached hydrogen (secondary N) is 1. The van der Waals surface area contributed by atoms with Gasteiger partial charge in [0.1, 0.15) is 23.0 Å². The lowest BCUT2D eigenvalue weighted by Gasteiger charge is -2.28. The molecule has 2 fully saturated rings. The van der Waals surface area contributed by atoms with Gasteiger partial charge in [-0.05, 0) is 62.1 Å². The molecule has 0 radical (unpaired) electrons. The predicted octanol–water partition coefficient (Wildman–Crippen LogP) is 13.6. The molecule has 0 bridgehead atoms. The Morgan fingerprint density at radius 3 is 1.47 bits per heavy atom. The van der Waals surface area contributed by atoms with Gasteiger partial charge >= 0.3 is 0 Å². The number of ketones is 2. The molecule has 0 aliphatic heterocycles. The third-order valence-corrected chi connectivity index (χ3v) is 18.4. The average Bonchev–Trinajstić information content (AvgIpc) is 4.40. The van der Waals surface area contributed by atoms with Crippen LogP contribution in [0.15, 0.2) is 73.6 Å². The molecule has 0 unspecified atom stereocenters. The van der Waals surface area contributed by atoms with Crippen LogP contribution < -0.4 is 24.3 Å². The summed E-state index contributed by atoms with van der Waals surface area (Å²) in [6.07, 6.45) is 11.1. The zero-order valence-electron chi connectivity index (χ0n) is 46.1. The van der Waals surface area contributed by atoms with Gasteiger partial charge in [-0.3, -0.25) is 34.1 Å². The van der Waals surface area contributed by atoms with Gasteiger partial charge in [0, 0.05) is 114 Å². The van der Waals surface area contributed by atoms with Crippen molar-refractivity contribution in [2.45, 2.75) is 103 Å². The molecule has 2 aromatic carbocycles. The van der Waals surface area contributed by atoms with E-state index in [4.69, 9.17) is 18.9 Å². The zero-order chi connectivity index (χ0) is 58.9. The van der Waals surface area contributed by atoms with Crippen LogP contribution in [0.2, 0.25) is 0 Å². The molecule has 1 N–H and O–H groups in total. The smallest absolute Gasteiger partial charge is 0.255 e. The van der Waals surface area contributed by atoms with Crippen molar-refractivity contribution in [2.75, 3.05) is 48.1 Å². The Balaban J connectivity index is 0.000000151. The maximum atomic E-state index is 13.3. The first-order valence-corrected chi connectivity index (χ1v) is 29.7. The average molecular weight is 1210 g/mol. The Kier molecular flexibility index (Phi) is 20.2. The SMILES string of the molecule is COc1c2cnccc2c(OC)c2sc(CN(CC(F)F)C(=O)C3CCCCC3)cc12.COc1c2cnccc2c(OC)c2sc(CNCC(F)F)cc12.O=C1c2cnccc2C(=O)c2sc(CN(CC(F)F)C(=O)C3CCCCC3)cc21. The fraction of sp³-hybridized carbons (Fsp3) is 0.417. The molecule has 11 rings (SSSR count). The second kappa shape index (κ2) is 27.6. The largest absolute Gasteiger partial charge is 0.495 e. The number of nitrogens with zero attached hydrogens (tertiary/aromatic N) is 5. The molecular weight excluding hydrogens is 1140 g/mol. The Bertz CT molecular complexity index is 3450. The van der Waals surface area contributed by atoms with Crippen LogP contribution in [0.25, 0.3) is 41.7 Å². The zero-order valence-corrected chi connectivity index (χ0v) is 48.6. The van der Waals surface area contributed by atoms with E-state index in [0.717, 1.165) is 139 Å². The molecule has 14 nitrogen and oxygen atoms in total. The molecule has 8 aromatic rings. The molecule has 3 aliphatic rings. The number of carbonyl (C=O) groups excluding carboxylic acids is 4. The van der Waals surface area contributed by atoms with Crippen molar-refractivity contribution >= 4 is 99.1 Å². The van der Waals surface area contributed by atoms with E-state index >= 15 is 0 Å². The summed E-state index contributed by atoms with van der Waals surface area (Å²) < 4.78 is 102. The van der Waals surface area contributed by atoms with E-state index in [-0.39, 0.29) is 66.0 Å². The number of halogens is 6.